The highest BCUT2D eigenvalue weighted by Gasteiger charge is 2.12. The van der Waals surface area contributed by atoms with Crippen molar-refractivity contribution in [2.75, 3.05) is 6.61 Å². The maximum absolute atomic E-state index is 12.1. The Bertz CT molecular complexity index is 1030. The van der Waals surface area contributed by atoms with E-state index < -0.39 is 24.4 Å². The summed E-state index contributed by atoms with van der Waals surface area (Å²) in [6, 6.07) is 17.1. The first-order chi connectivity index (χ1) is 13.9. The molecular formula is C21H20N4O4. The fourth-order valence-electron chi connectivity index (χ4n) is 2.67. The van der Waals surface area contributed by atoms with Crippen molar-refractivity contribution in [2.45, 2.75) is 13.8 Å². The summed E-state index contributed by atoms with van der Waals surface area (Å²) in [5, 5.41) is 4.38. The minimum Gasteiger partial charge on any atom is -0.452 e. The van der Waals surface area contributed by atoms with Gasteiger partial charge >= 0.3 is 5.97 Å². The summed E-state index contributed by atoms with van der Waals surface area (Å²) < 4.78 is 6.75. The Morgan fingerprint density at radius 2 is 1.62 bits per heavy atom. The van der Waals surface area contributed by atoms with E-state index in [0.29, 0.717) is 11.1 Å². The topological polar surface area (TPSA) is 102 Å². The standard InChI is InChI=1S/C21H20N4O4/c1-14-12-15(2)25(24-14)18-10-8-17(9-11-18)21(28)29-13-19(26)22-23-20(27)16-6-4-3-5-7-16/h3-12H,13H2,1-2H3,(H,22,26)(H,23,27). The highest BCUT2D eigenvalue weighted by Crippen LogP contribution is 2.13. The summed E-state index contributed by atoms with van der Waals surface area (Å²) in [4.78, 5) is 35.7. The van der Waals surface area contributed by atoms with E-state index in [1.165, 1.54) is 0 Å². The summed E-state index contributed by atoms with van der Waals surface area (Å²) in [6.07, 6.45) is 0. The van der Waals surface area contributed by atoms with Crippen LogP contribution in [0, 0.1) is 13.8 Å². The van der Waals surface area contributed by atoms with E-state index in [-0.39, 0.29) is 0 Å². The Morgan fingerprint density at radius 3 is 2.24 bits per heavy atom. The van der Waals surface area contributed by atoms with E-state index in [9.17, 15) is 14.4 Å². The van der Waals surface area contributed by atoms with Crippen molar-refractivity contribution in [3.05, 3.63) is 83.2 Å². The van der Waals surface area contributed by atoms with Crippen molar-refractivity contribution < 1.29 is 19.1 Å². The lowest BCUT2D eigenvalue weighted by Crippen LogP contribution is -2.43. The van der Waals surface area contributed by atoms with E-state index in [0.717, 1.165) is 17.1 Å². The van der Waals surface area contributed by atoms with Crippen LogP contribution in [0.1, 0.15) is 32.1 Å². The molecular weight excluding hydrogens is 372 g/mol. The molecule has 0 unspecified atom stereocenters. The first kappa shape index (κ1) is 19.8. The molecule has 3 rings (SSSR count). The van der Waals surface area contributed by atoms with Crippen molar-refractivity contribution in [1.29, 1.82) is 0 Å². The summed E-state index contributed by atoms with van der Waals surface area (Å²) in [5.41, 5.74) is 7.84. The predicted octanol–water partition coefficient (Wildman–Crippen LogP) is 2.11. The van der Waals surface area contributed by atoms with Crippen LogP contribution in [0.15, 0.2) is 60.7 Å². The number of benzene rings is 2. The van der Waals surface area contributed by atoms with E-state index in [4.69, 9.17) is 4.74 Å². The van der Waals surface area contributed by atoms with Crippen LogP contribution in [0.2, 0.25) is 0 Å². The van der Waals surface area contributed by atoms with Crippen molar-refractivity contribution in [3.63, 3.8) is 0 Å². The quantitative estimate of drug-likeness (QED) is 0.511. The molecule has 29 heavy (non-hydrogen) atoms. The molecule has 0 saturated carbocycles. The van der Waals surface area contributed by atoms with Gasteiger partial charge in [-0.25, -0.2) is 9.48 Å². The molecule has 0 aliphatic carbocycles. The average molecular weight is 392 g/mol. The van der Waals surface area contributed by atoms with Gasteiger partial charge in [0.2, 0.25) is 0 Å². The first-order valence-electron chi connectivity index (χ1n) is 8.89. The fourth-order valence-corrected chi connectivity index (χ4v) is 2.67. The van der Waals surface area contributed by atoms with Gasteiger partial charge in [-0.05, 0) is 56.3 Å². The number of esters is 1. The minimum absolute atomic E-state index is 0.302. The number of aryl methyl sites for hydroxylation is 2. The normalized spacial score (nSPS) is 10.3. The molecule has 0 bridgehead atoms. The molecule has 2 aromatic carbocycles. The maximum atomic E-state index is 12.1. The molecule has 2 N–H and O–H groups in total. The average Bonchev–Trinajstić information content (AvgIpc) is 3.08. The highest BCUT2D eigenvalue weighted by molar-refractivity contribution is 5.96. The highest BCUT2D eigenvalue weighted by atomic mass is 16.5. The number of nitrogens with zero attached hydrogens (tertiary/aromatic N) is 2. The Morgan fingerprint density at radius 1 is 0.931 bits per heavy atom. The third-order valence-corrected chi connectivity index (χ3v) is 4.04. The first-order valence-corrected chi connectivity index (χ1v) is 8.89. The number of ether oxygens (including phenoxy) is 1. The van der Waals surface area contributed by atoms with Gasteiger partial charge < -0.3 is 4.74 Å². The lowest BCUT2D eigenvalue weighted by atomic mass is 10.2. The lowest BCUT2D eigenvalue weighted by Gasteiger charge is -2.09. The van der Waals surface area contributed by atoms with Crippen LogP contribution in [0.4, 0.5) is 0 Å². The lowest BCUT2D eigenvalue weighted by molar-refractivity contribution is -0.125. The molecule has 8 nitrogen and oxygen atoms in total. The molecule has 0 saturated heterocycles. The van der Waals surface area contributed by atoms with Crippen molar-refractivity contribution >= 4 is 17.8 Å². The summed E-state index contributed by atoms with van der Waals surface area (Å²) in [6.45, 7) is 3.33. The number of amides is 2. The monoisotopic (exact) mass is 392 g/mol. The third kappa shape index (κ3) is 5.07. The van der Waals surface area contributed by atoms with Crippen molar-refractivity contribution in [1.82, 2.24) is 20.6 Å². The predicted molar refractivity (Wildman–Crippen MR) is 105 cm³/mol. The molecule has 3 aromatic rings. The van der Waals surface area contributed by atoms with E-state index in [2.05, 4.69) is 16.0 Å². The van der Waals surface area contributed by atoms with Gasteiger partial charge in [-0.15, -0.1) is 0 Å². The SMILES string of the molecule is Cc1cc(C)n(-c2ccc(C(=O)OCC(=O)NNC(=O)c3ccccc3)cc2)n1. The number of hydrogen-bond acceptors (Lipinski definition) is 5. The molecule has 0 radical (unpaired) electrons. The third-order valence-electron chi connectivity index (χ3n) is 4.04. The number of hydrogen-bond donors (Lipinski definition) is 2. The van der Waals surface area contributed by atoms with Crippen LogP contribution in [0.25, 0.3) is 5.69 Å². The Hall–Kier alpha value is -3.94. The van der Waals surface area contributed by atoms with Gasteiger partial charge in [-0.3, -0.25) is 20.4 Å². The fraction of sp³-hybridized carbons (Fsp3) is 0.143. The van der Waals surface area contributed by atoms with Crippen LogP contribution in [-0.2, 0) is 9.53 Å². The zero-order valence-electron chi connectivity index (χ0n) is 16.0. The van der Waals surface area contributed by atoms with Gasteiger partial charge in [0.1, 0.15) is 0 Å². The molecule has 8 heteroatoms. The minimum atomic E-state index is -0.651. The number of carbonyl (C=O) groups excluding carboxylic acids is 3. The molecule has 0 spiro atoms. The van der Waals surface area contributed by atoms with Gasteiger partial charge in [0.05, 0.1) is 16.9 Å². The Kier molecular flexibility index (Phi) is 6.03. The maximum Gasteiger partial charge on any atom is 0.338 e. The van der Waals surface area contributed by atoms with Crippen molar-refractivity contribution in [2.24, 2.45) is 0 Å². The second-order valence-corrected chi connectivity index (χ2v) is 6.33. The number of rotatable bonds is 5. The molecule has 0 fully saturated rings. The molecule has 0 aliphatic rings. The van der Waals surface area contributed by atoms with Gasteiger partial charge in [0.15, 0.2) is 6.61 Å². The van der Waals surface area contributed by atoms with Crippen LogP contribution < -0.4 is 10.9 Å². The molecule has 0 aliphatic heterocycles. The number of aromatic nitrogens is 2. The summed E-state index contributed by atoms with van der Waals surface area (Å²) in [7, 11) is 0. The van der Waals surface area contributed by atoms with Gasteiger partial charge in [0, 0.05) is 11.3 Å². The molecule has 2 amide bonds. The van der Waals surface area contributed by atoms with E-state index in [1.807, 2.05) is 19.9 Å². The second kappa shape index (κ2) is 8.83. The zero-order valence-corrected chi connectivity index (χ0v) is 16.0. The largest absolute Gasteiger partial charge is 0.452 e. The zero-order chi connectivity index (χ0) is 20.8. The van der Waals surface area contributed by atoms with Crippen molar-refractivity contribution in [3.8, 4) is 5.69 Å². The Balaban J connectivity index is 1.49. The molecule has 148 valence electrons. The summed E-state index contributed by atoms with van der Waals surface area (Å²) >= 11 is 0. The molecule has 1 heterocycles. The second-order valence-electron chi connectivity index (χ2n) is 6.33. The number of nitrogens with one attached hydrogen (secondary N) is 2. The molecule has 0 atom stereocenters. The van der Waals surface area contributed by atoms with E-state index >= 15 is 0 Å². The van der Waals surface area contributed by atoms with Crippen LogP contribution in [0.5, 0.6) is 0 Å². The number of carbonyl (C=O) groups is 3. The van der Waals surface area contributed by atoms with E-state index in [1.54, 1.807) is 59.3 Å². The van der Waals surface area contributed by atoms with Crippen LogP contribution in [-0.4, -0.2) is 34.2 Å². The number of hydrazine groups is 1. The summed E-state index contributed by atoms with van der Waals surface area (Å²) in [5.74, 6) is -1.76. The smallest absolute Gasteiger partial charge is 0.338 e. The van der Waals surface area contributed by atoms with Gasteiger partial charge in [-0.1, -0.05) is 18.2 Å². The van der Waals surface area contributed by atoms with Crippen LogP contribution >= 0.6 is 0 Å². The van der Waals surface area contributed by atoms with Gasteiger partial charge in [-0.2, -0.15) is 5.10 Å². The van der Waals surface area contributed by atoms with Gasteiger partial charge in [0.25, 0.3) is 11.8 Å². The Labute approximate surface area is 167 Å². The van der Waals surface area contributed by atoms with Crippen LogP contribution in [0.3, 0.4) is 0 Å². The molecule has 1 aromatic heterocycles.